The smallest absolute Gasteiger partial charge is 0.308 e. The molecule has 2 rings (SSSR count). The summed E-state index contributed by atoms with van der Waals surface area (Å²) in [7, 11) is 0. The Morgan fingerprint density at radius 3 is 2.60 bits per heavy atom. The lowest BCUT2D eigenvalue weighted by Crippen LogP contribution is -2.20. The minimum absolute atomic E-state index is 0.345. The number of urea groups is 1. The Hall–Kier alpha value is -1.88. The van der Waals surface area contributed by atoms with Gasteiger partial charge in [-0.05, 0) is 49.7 Å². The number of nitrogens with one attached hydrogen (secondary N) is 2. The number of anilines is 2. The van der Waals surface area contributed by atoms with Gasteiger partial charge >= 0.3 is 6.03 Å². The maximum atomic E-state index is 13.4. The van der Waals surface area contributed by atoms with Gasteiger partial charge in [0.2, 0.25) is 0 Å². The molecule has 2 N–H and O–H groups in total. The number of carbonyl (C=O) groups excluding carboxylic acids is 1. The molecule has 0 radical (unpaired) electrons. The number of amides is 2. The number of hydrogen-bond donors (Lipinski definition) is 2. The summed E-state index contributed by atoms with van der Waals surface area (Å²) in [4.78, 5) is 11.9. The molecule has 20 heavy (non-hydrogen) atoms. The summed E-state index contributed by atoms with van der Waals surface area (Å²) < 4.78 is 14.4. The summed E-state index contributed by atoms with van der Waals surface area (Å²) in [5.41, 5.74) is 2.56. The summed E-state index contributed by atoms with van der Waals surface area (Å²) >= 11 is 3.40. The van der Waals surface area contributed by atoms with E-state index in [0.29, 0.717) is 16.9 Å². The highest BCUT2D eigenvalue weighted by Gasteiger charge is 2.08. The van der Waals surface area contributed by atoms with Crippen LogP contribution in [0.2, 0.25) is 0 Å². The van der Waals surface area contributed by atoms with E-state index in [9.17, 15) is 9.18 Å². The van der Waals surface area contributed by atoms with E-state index < -0.39 is 6.03 Å². The van der Waals surface area contributed by atoms with Crippen molar-refractivity contribution < 1.29 is 9.18 Å². The SMILES string of the molecule is Cc1cc(NC(=O)Nc2cccc(F)c2C)ccc1Br. The van der Waals surface area contributed by atoms with E-state index in [1.54, 1.807) is 25.1 Å². The van der Waals surface area contributed by atoms with E-state index in [-0.39, 0.29) is 5.82 Å². The number of hydrogen-bond acceptors (Lipinski definition) is 1. The van der Waals surface area contributed by atoms with E-state index in [0.717, 1.165) is 10.0 Å². The Morgan fingerprint density at radius 1 is 1.15 bits per heavy atom. The van der Waals surface area contributed by atoms with Crippen molar-refractivity contribution in [2.75, 3.05) is 10.6 Å². The molecule has 0 unspecified atom stereocenters. The predicted octanol–water partition coefficient (Wildman–Crippen LogP) is 4.85. The lowest BCUT2D eigenvalue weighted by atomic mass is 10.2. The van der Waals surface area contributed by atoms with E-state index in [2.05, 4.69) is 26.6 Å². The number of aryl methyl sites for hydroxylation is 1. The first-order chi connectivity index (χ1) is 9.47. The van der Waals surface area contributed by atoms with Crippen LogP contribution in [-0.4, -0.2) is 6.03 Å². The van der Waals surface area contributed by atoms with Crippen LogP contribution >= 0.6 is 15.9 Å². The molecule has 2 aromatic rings. The fourth-order valence-corrected chi connectivity index (χ4v) is 2.00. The topological polar surface area (TPSA) is 41.1 Å². The number of benzene rings is 2. The van der Waals surface area contributed by atoms with E-state index in [4.69, 9.17) is 0 Å². The summed E-state index contributed by atoms with van der Waals surface area (Å²) in [6.07, 6.45) is 0. The largest absolute Gasteiger partial charge is 0.323 e. The van der Waals surface area contributed by atoms with Crippen LogP contribution in [0, 0.1) is 19.7 Å². The molecule has 5 heteroatoms. The van der Waals surface area contributed by atoms with Crippen LogP contribution in [0.15, 0.2) is 40.9 Å². The Balaban J connectivity index is 2.09. The van der Waals surface area contributed by atoms with Crippen molar-refractivity contribution in [3.8, 4) is 0 Å². The van der Waals surface area contributed by atoms with Gasteiger partial charge in [0.1, 0.15) is 5.82 Å². The van der Waals surface area contributed by atoms with Crippen LogP contribution in [0.5, 0.6) is 0 Å². The molecular formula is C15H14BrFN2O. The first-order valence-electron chi connectivity index (χ1n) is 6.06. The first-order valence-corrected chi connectivity index (χ1v) is 6.86. The Kier molecular flexibility index (Phi) is 4.39. The van der Waals surface area contributed by atoms with Crippen molar-refractivity contribution in [1.82, 2.24) is 0 Å². The fraction of sp³-hybridized carbons (Fsp3) is 0.133. The van der Waals surface area contributed by atoms with Crippen molar-refractivity contribution in [3.05, 3.63) is 57.8 Å². The molecule has 2 amide bonds. The number of carbonyl (C=O) groups is 1. The molecule has 0 saturated carbocycles. The summed E-state index contributed by atoms with van der Waals surface area (Å²) in [5.74, 6) is -0.345. The van der Waals surface area contributed by atoms with Gasteiger partial charge in [0.25, 0.3) is 0 Å². The first kappa shape index (κ1) is 14.5. The molecule has 0 fully saturated rings. The molecule has 2 aromatic carbocycles. The highest BCUT2D eigenvalue weighted by atomic mass is 79.9. The minimum atomic E-state index is -0.402. The van der Waals surface area contributed by atoms with Crippen molar-refractivity contribution in [3.63, 3.8) is 0 Å². The number of halogens is 2. The van der Waals surface area contributed by atoms with E-state index >= 15 is 0 Å². The summed E-state index contributed by atoms with van der Waals surface area (Å²) in [6, 6.07) is 9.67. The second kappa shape index (κ2) is 6.05. The Morgan fingerprint density at radius 2 is 1.90 bits per heavy atom. The standard InChI is InChI=1S/C15H14BrFN2O/c1-9-8-11(6-7-12(9)16)18-15(20)19-14-5-3-4-13(17)10(14)2/h3-8H,1-2H3,(H2,18,19,20). The zero-order valence-corrected chi connectivity index (χ0v) is 12.7. The van der Waals surface area contributed by atoms with Crippen molar-refractivity contribution >= 4 is 33.3 Å². The van der Waals surface area contributed by atoms with Gasteiger partial charge in [0.05, 0.1) is 0 Å². The van der Waals surface area contributed by atoms with Gasteiger partial charge in [-0.15, -0.1) is 0 Å². The average molecular weight is 337 g/mol. The van der Waals surface area contributed by atoms with Gasteiger partial charge in [-0.25, -0.2) is 9.18 Å². The Labute approximate surface area is 125 Å². The van der Waals surface area contributed by atoms with Crippen LogP contribution < -0.4 is 10.6 Å². The molecule has 0 aliphatic carbocycles. The van der Waals surface area contributed by atoms with Crippen molar-refractivity contribution in [2.45, 2.75) is 13.8 Å². The van der Waals surface area contributed by atoms with Gasteiger partial charge in [0, 0.05) is 21.4 Å². The molecule has 3 nitrogen and oxygen atoms in total. The maximum Gasteiger partial charge on any atom is 0.323 e. The van der Waals surface area contributed by atoms with Crippen LogP contribution in [0.1, 0.15) is 11.1 Å². The summed E-state index contributed by atoms with van der Waals surface area (Å²) in [6.45, 7) is 3.55. The lowest BCUT2D eigenvalue weighted by molar-refractivity contribution is 0.262. The third-order valence-corrected chi connectivity index (χ3v) is 3.82. The zero-order valence-electron chi connectivity index (χ0n) is 11.1. The van der Waals surface area contributed by atoms with Crippen LogP contribution in [0.4, 0.5) is 20.6 Å². The van der Waals surface area contributed by atoms with Crippen LogP contribution in [0.3, 0.4) is 0 Å². The third kappa shape index (κ3) is 3.36. The highest BCUT2D eigenvalue weighted by molar-refractivity contribution is 9.10. The third-order valence-electron chi connectivity index (χ3n) is 2.93. The molecule has 0 heterocycles. The minimum Gasteiger partial charge on any atom is -0.308 e. The molecular weight excluding hydrogens is 323 g/mol. The quantitative estimate of drug-likeness (QED) is 0.808. The molecule has 0 bridgehead atoms. The van der Waals surface area contributed by atoms with Gasteiger partial charge in [-0.1, -0.05) is 22.0 Å². The normalized spacial score (nSPS) is 10.2. The maximum absolute atomic E-state index is 13.4. The highest BCUT2D eigenvalue weighted by Crippen LogP contribution is 2.21. The van der Waals surface area contributed by atoms with Gasteiger partial charge < -0.3 is 10.6 Å². The number of rotatable bonds is 2. The summed E-state index contributed by atoms with van der Waals surface area (Å²) in [5, 5.41) is 5.34. The molecule has 0 saturated heterocycles. The lowest BCUT2D eigenvalue weighted by Gasteiger charge is -2.11. The molecule has 104 valence electrons. The average Bonchev–Trinajstić information content (AvgIpc) is 2.39. The monoisotopic (exact) mass is 336 g/mol. The zero-order chi connectivity index (χ0) is 14.7. The van der Waals surface area contributed by atoms with Gasteiger partial charge in [-0.2, -0.15) is 0 Å². The van der Waals surface area contributed by atoms with Crippen LogP contribution in [0.25, 0.3) is 0 Å². The molecule has 0 aliphatic heterocycles. The van der Waals surface area contributed by atoms with Crippen molar-refractivity contribution in [1.29, 1.82) is 0 Å². The fourth-order valence-electron chi connectivity index (χ4n) is 1.75. The van der Waals surface area contributed by atoms with Crippen molar-refractivity contribution in [2.24, 2.45) is 0 Å². The van der Waals surface area contributed by atoms with E-state index in [1.165, 1.54) is 6.07 Å². The molecule has 0 aliphatic rings. The molecule has 0 atom stereocenters. The predicted molar refractivity (Wildman–Crippen MR) is 82.7 cm³/mol. The molecule has 0 aromatic heterocycles. The molecule has 0 spiro atoms. The Bertz CT molecular complexity index is 658. The van der Waals surface area contributed by atoms with Crippen LogP contribution in [-0.2, 0) is 0 Å². The van der Waals surface area contributed by atoms with Gasteiger partial charge in [-0.3, -0.25) is 0 Å². The van der Waals surface area contributed by atoms with Gasteiger partial charge in [0.15, 0.2) is 0 Å². The second-order valence-corrected chi connectivity index (χ2v) is 5.31. The van der Waals surface area contributed by atoms with E-state index in [1.807, 2.05) is 19.1 Å². The second-order valence-electron chi connectivity index (χ2n) is 4.46.